The molecule has 0 radical (unpaired) electrons. The number of nitrogens with zero attached hydrogens (tertiary/aromatic N) is 2. The number of hydrogen-bond donors (Lipinski definition) is 2. The topological polar surface area (TPSA) is 92.0 Å². The van der Waals surface area contributed by atoms with Crippen LogP contribution in [-0.4, -0.2) is 53.7 Å². The Bertz CT molecular complexity index is 1410. The van der Waals surface area contributed by atoms with Crippen molar-refractivity contribution in [2.45, 2.75) is 38.9 Å². The molecule has 1 aromatic heterocycles. The highest BCUT2D eigenvalue weighted by Crippen LogP contribution is 2.34. The van der Waals surface area contributed by atoms with Gasteiger partial charge in [0.1, 0.15) is 23.3 Å². The summed E-state index contributed by atoms with van der Waals surface area (Å²) in [5, 5.41) is 19.7. The van der Waals surface area contributed by atoms with Gasteiger partial charge in [0.25, 0.3) is 0 Å². The quantitative estimate of drug-likeness (QED) is 0.430. The summed E-state index contributed by atoms with van der Waals surface area (Å²) in [4.78, 5) is 26.8. The highest BCUT2D eigenvalue weighted by molar-refractivity contribution is 6.31. The molecule has 0 aliphatic carbocycles. The number of anilines is 1. The number of halogens is 3. The summed E-state index contributed by atoms with van der Waals surface area (Å²) in [7, 11) is 1.44. The highest BCUT2D eigenvalue weighted by atomic mass is 35.5. The summed E-state index contributed by atoms with van der Waals surface area (Å²) < 4.78 is 36.0. The molecule has 2 atom stereocenters. The van der Waals surface area contributed by atoms with E-state index in [-0.39, 0.29) is 41.5 Å². The summed E-state index contributed by atoms with van der Waals surface area (Å²) in [5.41, 5.74) is 0.534. The van der Waals surface area contributed by atoms with Gasteiger partial charge in [0.05, 0.1) is 30.3 Å². The van der Waals surface area contributed by atoms with Crippen LogP contribution in [-0.2, 0) is 6.42 Å². The third-order valence-corrected chi connectivity index (χ3v) is 7.22. The molecular weight excluding hydrogens is 506 g/mol. The van der Waals surface area contributed by atoms with Gasteiger partial charge < -0.3 is 24.4 Å². The average Bonchev–Trinajstić information content (AvgIpc) is 3.29. The Hall–Kier alpha value is -3.17. The van der Waals surface area contributed by atoms with E-state index in [9.17, 15) is 24.2 Å². The summed E-state index contributed by atoms with van der Waals surface area (Å²) in [5.74, 6) is -1.74. The van der Waals surface area contributed by atoms with E-state index >= 15 is 4.39 Å². The number of aromatic nitrogens is 1. The predicted octanol–water partition coefficient (Wildman–Crippen LogP) is 4.83. The number of aliphatic hydroxyl groups is 1. The molecule has 1 fully saturated rings. The lowest BCUT2D eigenvalue weighted by molar-refractivity contribution is 0.0694. The standard InChI is InChI=1S/C27H29ClF2N2O5/c1-14(2)23(13-33)32-12-20(27(35)36)26(34)19-8-15(24(37-3)10-22(19)32)6-16-7-18(9-21(28)25(16)30)31-5-4-17(29)11-31/h7-10,12,14,17,23,33H,4-6,11,13H2,1-3H3,(H,35,36). The van der Waals surface area contributed by atoms with Gasteiger partial charge in [0.2, 0.25) is 5.43 Å². The van der Waals surface area contributed by atoms with E-state index in [0.29, 0.717) is 35.5 Å². The maximum absolute atomic E-state index is 15.1. The summed E-state index contributed by atoms with van der Waals surface area (Å²) in [6, 6.07) is 5.68. The molecule has 1 aliphatic heterocycles. The first-order chi connectivity index (χ1) is 17.5. The molecule has 0 bridgehead atoms. The van der Waals surface area contributed by atoms with Gasteiger partial charge in [-0.3, -0.25) is 4.79 Å². The van der Waals surface area contributed by atoms with Crippen LogP contribution in [0, 0.1) is 11.7 Å². The van der Waals surface area contributed by atoms with Crippen molar-refractivity contribution in [1.29, 1.82) is 0 Å². The normalized spacial score (nSPS) is 16.5. The number of pyridine rings is 1. The van der Waals surface area contributed by atoms with Crippen molar-refractivity contribution in [2.24, 2.45) is 5.92 Å². The largest absolute Gasteiger partial charge is 0.496 e. The third kappa shape index (κ3) is 5.15. The predicted molar refractivity (Wildman–Crippen MR) is 139 cm³/mol. The molecule has 2 N–H and O–H groups in total. The van der Waals surface area contributed by atoms with Crippen molar-refractivity contribution in [3.05, 3.63) is 68.2 Å². The van der Waals surface area contributed by atoms with E-state index in [1.807, 2.05) is 13.8 Å². The maximum atomic E-state index is 15.1. The molecule has 4 rings (SSSR count). The summed E-state index contributed by atoms with van der Waals surface area (Å²) >= 11 is 6.18. The molecule has 1 saturated heterocycles. The molecule has 2 aromatic carbocycles. The van der Waals surface area contributed by atoms with Crippen LogP contribution in [0.1, 0.15) is 47.8 Å². The number of methoxy groups -OCH3 is 1. The molecule has 2 unspecified atom stereocenters. The molecule has 0 saturated carbocycles. The van der Waals surface area contributed by atoms with Crippen LogP contribution < -0.4 is 15.1 Å². The van der Waals surface area contributed by atoms with Gasteiger partial charge in [-0.15, -0.1) is 0 Å². The molecule has 2 heterocycles. The van der Waals surface area contributed by atoms with Crippen molar-refractivity contribution in [1.82, 2.24) is 4.57 Å². The molecule has 3 aromatic rings. The Labute approximate surface area is 217 Å². The fourth-order valence-corrected chi connectivity index (χ4v) is 5.13. The van der Waals surface area contributed by atoms with Crippen LogP contribution in [0.15, 0.2) is 35.3 Å². The average molecular weight is 535 g/mol. The number of ether oxygens (including phenoxy) is 1. The zero-order valence-electron chi connectivity index (χ0n) is 20.8. The third-order valence-electron chi connectivity index (χ3n) is 6.94. The lowest BCUT2D eigenvalue weighted by Gasteiger charge is -2.25. The summed E-state index contributed by atoms with van der Waals surface area (Å²) in [6.07, 6.45) is 0.651. The van der Waals surface area contributed by atoms with E-state index in [2.05, 4.69) is 0 Å². The molecule has 0 spiro atoms. The Morgan fingerprint density at radius 1 is 1.24 bits per heavy atom. The molecule has 198 valence electrons. The van der Waals surface area contributed by atoms with Gasteiger partial charge in [-0.25, -0.2) is 13.6 Å². The van der Waals surface area contributed by atoms with Crippen molar-refractivity contribution in [3.8, 4) is 5.75 Å². The van der Waals surface area contributed by atoms with E-state index < -0.39 is 35.0 Å². The Morgan fingerprint density at radius 2 is 1.97 bits per heavy atom. The lowest BCUT2D eigenvalue weighted by Crippen LogP contribution is -2.25. The number of aromatic carboxylic acids is 1. The van der Waals surface area contributed by atoms with Gasteiger partial charge in [-0.2, -0.15) is 0 Å². The van der Waals surface area contributed by atoms with Crippen LogP contribution in [0.2, 0.25) is 5.02 Å². The number of aliphatic hydroxyl groups excluding tert-OH is 1. The first-order valence-electron chi connectivity index (χ1n) is 12.0. The lowest BCUT2D eigenvalue weighted by atomic mass is 9.98. The van der Waals surface area contributed by atoms with Crippen molar-refractivity contribution in [3.63, 3.8) is 0 Å². The van der Waals surface area contributed by atoms with Gasteiger partial charge >= 0.3 is 5.97 Å². The van der Waals surface area contributed by atoms with Gasteiger partial charge in [-0.1, -0.05) is 25.4 Å². The Kier molecular flexibility index (Phi) is 7.75. The van der Waals surface area contributed by atoms with Gasteiger partial charge in [0, 0.05) is 42.8 Å². The summed E-state index contributed by atoms with van der Waals surface area (Å²) in [6.45, 7) is 4.16. The fourth-order valence-electron chi connectivity index (χ4n) is 4.90. The maximum Gasteiger partial charge on any atom is 0.341 e. The fraction of sp³-hybridized carbons (Fsp3) is 0.407. The SMILES string of the molecule is COc1cc2c(cc1Cc1cc(N3CCC(F)C3)cc(Cl)c1F)c(=O)c(C(=O)O)cn2C(CO)C(C)C. The highest BCUT2D eigenvalue weighted by Gasteiger charge is 2.25. The van der Waals surface area contributed by atoms with Gasteiger partial charge in [0.15, 0.2) is 0 Å². The molecule has 0 amide bonds. The number of alkyl halides is 1. The second kappa shape index (κ2) is 10.7. The minimum absolute atomic E-state index is 0.00422. The number of carbonyl (C=O) groups is 1. The minimum atomic E-state index is -1.39. The molecule has 1 aliphatic rings. The number of carboxylic acids is 1. The first kappa shape index (κ1) is 26.9. The molecular formula is C27H29ClF2N2O5. The minimum Gasteiger partial charge on any atom is -0.496 e. The number of fused-ring (bicyclic) bond motifs is 1. The monoisotopic (exact) mass is 534 g/mol. The van der Waals surface area contributed by atoms with Crippen LogP contribution >= 0.6 is 11.6 Å². The van der Waals surface area contributed by atoms with Crippen LogP contribution in [0.3, 0.4) is 0 Å². The Balaban J connectivity index is 1.89. The van der Waals surface area contributed by atoms with Crippen LogP contribution in [0.5, 0.6) is 5.75 Å². The van der Waals surface area contributed by atoms with E-state index in [1.165, 1.54) is 25.4 Å². The van der Waals surface area contributed by atoms with E-state index in [4.69, 9.17) is 16.3 Å². The van der Waals surface area contributed by atoms with Gasteiger partial charge in [-0.05, 0) is 41.7 Å². The first-order valence-corrected chi connectivity index (χ1v) is 12.4. The van der Waals surface area contributed by atoms with Crippen molar-refractivity contribution >= 4 is 34.2 Å². The molecule has 10 heteroatoms. The second-order valence-electron chi connectivity index (χ2n) is 9.67. The molecule has 7 nitrogen and oxygen atoms in total. The number of benzene rings is 2. The Morgan fingerprint density at radius 3 is 2.54 bits per heavy atom. The number of hydrogen-bond acceptors (Lipinski definition) is 5. The zero-order chi connectivity index (χ0) is 27.0. The second-order valence-corrected chi connectivity index (χ2v) is 10.1. The van der Waals surface area contributed by atoms with Crippen LogP contribution in [0.25, 0.3) is 10.9 Å². The van der Waals surface area contributed by atoms with Crippen LogP contribution in [0.4, 0.5) is 14.5 Å². The molecule has 37 heavy (non-hydrogen) atoms. The number of rotatable bonds is 8. The zero-order valence-corrected chi connectivity index (χ0v) is 21.6. The van der Waals surface area contributed by atoms with E-state index in [0.717, 1.165) is 0 Å². The smallest absolute Gasteiger partial charge is 0.341 e. The van der Waals surface area contributed by atoms with Crippen molar-refractivity contribution < 1.29 is 28.5 Å². The van der Waals surface area contributed by atoms with E-state index in [1.54, 1.807) is 21.6 Å². The number of carboxylic acid groups (broad SMARTS) is 1. The van der Waals surface area contributed by atoms with Crippen molar-refractivity contribution in [2.75, 3.05) is 31.7 Å².